The number of aliphatic hydroxyl groups excluding tert-OH is 1. The second kappa shape index (κ2) is 5.08. The first kappa shape index (κ1) is 14.7. The van der Waals surface area contributed by atoms with Crippen LogP contribution in [0.15, 0.2) is 24.3 Å². The molecule has 1 aromatic rings. The number of rotatable bonds is 4. The van der Waals surface area contributed by atoms with Gasteiger partial charge in [0.25, 0.3) is 0 Å². The summed E-state index contributed by atoms with van der Waals surface area (Å²) in [4.78, 5) is 0. The largest absolute Gasteiger partial charge is 0.386 e. The van der Waals surface area contributed by atoms with E-state index in [-0.39, 0.29) is 0 Å². The maximum atomic E-state index is 11.8. The van der Waals surface area contributed by atoms with E-state index in [1.54, 1.807) is 25.1 Å². The van der Waals surface area contributed by atoms with E-state index in [0.717, 1.165) is 11.8 Å². The van der Waals surface area contributed by atoms with Gasteiger partial charge in [-0.2, -0.15) is 0 Å². The Morgan fingerprint density at radius 1 is 1.47 bits per heavy atom. The molecule has 2 unspecified atom stereocenters. The standard InChI is InChI=1S/C12H17BrO3S/c1-4-12(13,17(3,15)16)11(14)10-7-5-6-9(2)8-10/h5-8,11,14H,4H2,1-3H3. The van der Waals surface area contributed by atoms with Gasteiger partial charge in [0.2, 0.25) is 0 Å². The molecule has 0 aromatic heterocycles. The molecule has 0 bridgehead atoms. The first-order chi connectivity index (χ1) is 7.72. The van der Waals surface area contributed by atoms with E-state index in [4.69, 9.17) is 0 Å². The second-order valence-corrected chi connectivity index (χ2v) is 8.44. The fraction of sp³-hybridized carbons (Fsp3) is 0.500. The Labute approximate surface area is 111 Å². The van der Waals surface area contributed by atoms with E-state index in [9.17, 15) is 13.5 Å². The van der Waals surface area contributed by atoms with Gasteiger partial charge in [0, 0.05) is 6.26 Å². The van der Waals surface area contributed by atoms with Gasteiger partial charge in [-0.15, -0.1) is 0 Å². The smallest absolute Gasteiger partial charge is 0.166 e. The molecule has 0 aliphatic heterocycles. The van der Waals surface area contributed by atoms with Crippen molar-refractivity contribution in [1.82, 2.24) is 0 Å². The van der Waals surface area contributed by atoms with Crippen LogP contribution in [0, 0.1) is 6.92 Å². The number of aliphatic hydroxyl groups is 1. The molecular formula is C12H17BrO3S. The fourth-order valence-electron chi connectivity index (χ4n) is 1.75. The molecule has 17 heavy (non-hydrogen) atoms. The highest BCUT2D eigenvalue weighted by Gasteiger charge is 2.44. The molecule has 2 atom stereocenters. The lowest BCUT2D eigenvalue weighted by atomic mass is 10.0. The monoisotopic (exact) mass is 320 g/mol. The molecule has 0 fully saturated rings. The van der Waals surface area contributed by atoms with Crippen molar-refractivity contribution in [3.05, 3.63) is 35.4 Å². The predicted octanol–water partition coefficient (Wildman–Crippen LogP) is 2.57. The number of sulfone groups is 1. The van der Waals surface area contributed by atoms with Crippen LogP contribution in [-0.2, 0) is 9.84 Å². The summed E-state index contributed by atoms with van der Waals surface area (Å²) in [5.41, 5.74) is 1.59. The van der Waals surface area contributed by atoms with Gasteiger partial charge in [-0.25, -0.2) is 8.42 Å². The average Bonchev–Trinajstić information content (AvgIpc) is 2.25. The zero-order chi connectivity index (χ0) is 13.3. The molecule has 0 amide bonds. The van der Waals surface area contributed by atoms with Gasteiger partial charge in [0.05, 0.1) is 0 Å². The SMILES string of the molecule is CCC(Br)(C(O)c1cccc(C)c1)S(C)(=O)=O. The normalized spacial score (nSPS) is 17.5. The van der Waals surface area contributed by atoms with Crippen LogP contribution in [0.5, 0.6) is 0 Å². The molecule has 0 heterocycles. The topological polar surface area (TPSA) is 54.4 Å². The highest BCUT2D eigenvalue weighted by Crippen LogP contribution is 2.41. The van der Waals surface area contributed by atoms with Crippen molar-refractivity contribution in [2.75, 3.05) is 6.26 Å². The summed E-state index contributed by atoms with van der Waals surface area (Å²) in [6.45, 7) is 3.63. The lowest BCUT2D eigenvalue weighted by molar-refractivity contribution is 0.160. The summed E-state index contributed by atoms with van der Waals surface area (Å²) >= 11 is 3.19. The summed E-state index contributed by atoms with van der Waals surface area (Å²) in [6, 6.07) is 7.23. The minimum absolute atomic E-state index is 0.293. The Morgan fingerprint density at radius 2 is 2.06 bits per heavy atom. The first-order valence-corrected chi connectivity index (χ1v) is 8.04. The molecule has 0 aliphatic rings. The third-order valence-electron chi connectivity index (χ3n) is 2.86. The number of hydrogen-bond acceptors (Lipinski definition) is 3. The van der Waals surface area contributed by atoms with Crippen LogP contribution in [0.2, 0.25) is 0 Å². The van der Waals surface area contributed by atoms with Crippen LogP contribution in [0.25, 0.3) is 0 Å². The maximum Gasteiger partial charge on any atom is 0.166 e. The van der Waals surface area contributed by atoms with Crippen molar-refractivity contribution in [2.24, 2.45) is 0 Å². The van der Waals surface area contributed by atoms with Crippen LogP contribution >= 0.6 is 15.9 Å². The van der Waals surface area contributed by atoms with Crippen LogP contribution < -0.4 is 0 Å². The minimum atomic E-state index is -3.41. The highest BCUT2D eigenvalue weighted by atomic mass is 79.9. The van der Waals surface area contributed by atoms with Crippen molar-refractivity contribution in [3.8, 4) is 0 Å². The Morgan fingerprint density at radius 3 is 2.47 bits per heavy atom. The van der Waals surface area contributed by atoms with E-state index < -0.39 is 19.6 Å². The summed E-state index contributed by atoms with van der Waals surface area (Å²) < 4.78 is 22.2. The van der Waals surface area contributed by atoms with E-state index in [1.807, 2.05) is 13.0 Å². The lowest BCUT2D eigenvalue weighted by Crippen LogP contribution is -2.37. The van der Waals surface area contributed by atoms with Gasteiger partial charge in [-0.3, -0.25) is 0 Å². The Kier molecular flexibility index (Phi) is 4.38. The quantitative estimate of drug-likeness (QED) is 0.867. The fourth-order valence-corrected chi connectivity index (χ4v) is 3.08. The van der Waals surface area contributed by atoms with Crippen LogP contribution in [0.3, 0.4) is 0 Å². The first-order valence-electron chi connectivity index (χ1n) is 5.35. The summed E-state index contributed by atoms with van der Waals surface area (Å²) in [5, 5.41) is 10.3. The van der Waals surface area contributed by atoms with Crippen molar-refractivity contribution in [1.29, 1.82) is 0 Å². The van der Waals surface area contributed by atoms with E-state index >= 15 is 0 Å². The second-order valence-electron chi connectivity index (χ2n) is 4.23. The van der Waals surface area contributed by atoms with Crippen LogP contribution in [0.4, 0.5) is 0 Å². The Hall–Kier alpha value is -0.390. The van der Waals surface area contributed by atoms with Crippen molar-refractivity contribution in [3.63, 3.8) is 0 Å². The number of benzene rings is 1. The van der Waals surface area contributed by atoms with Gasteiger partial charge >= 0.3 is 0 Å². The van der Waals surface area contributed by atoms with E-state index in [1.165, 1.54) is 0 Å². The Bertz CT molecular complexity index is 498. The predicted molar refractivity (Wildman–Crippen MR) is 72.9 cm³/mol. The minimum Gasteiger partial charge on any atom is -0.386 e. The van der Waals surface area contributed by atoms with Gasteiger partial charge in [-0.05, 0) is 18.9 Å². The van der Waals surface area contributed by atoms with E-state index in [0.29, 0.717) is 12.0 Å². The van der Waals surface area contributed by atoms with E-state index in [2.05, 4.69) is 15.9 Å². The van der Waals surface area contributed by atoms with Gasteiger partial charge in [-0.1, -0.05) is 52.7 Å². The molecular weight excluding hydrogens is 304 g/mol. The van der Waals surface area contributed by atoms with Crippen molar-refractivity contribution >= 4 is 25.8 Å². The summed E-state index contributed by atoms with van der Waals surface area (Å²) in [6.07, 6.45) is 0.341. The van der Waals surface area contributed by atoms with Gasteiger partial charge in [0.15, 0.2) is 13.5 Å². The molecule has 96 valence electrons. The molecule has 0 saturated carbocycles. The lowest BCUT2D eigenvalue weighted by Gasteiger charge is -2.30. The molecule has 0 saturated heterocycles. The zero-order valence-corrected chi connectivity index (χ0v) is 12.5. The van der Waals surface area contributed by atoms with Crippen molar-refractivity contribution < 1.29 is 13.5 Å². The number of halogens is 1. The third-order valence-corrected chi connectivity index (χ3v) is 7.37. The number of alkyl halides is 1. The Balaban J connectivity index is 3.24. The molecule has 0 spiro atoms. The van der Waals surface area contributed by atoms with Gasteiger partial charge < -0.3 is 5.11 Å². The zero-order valence-electron chi connectivity index (χ0n) is 10.1. The molecule has 0 radical (unpaired) electrons. The molecule has 1 aromatic carbocycles. The number of aryl methyl sites for hydroxylation is 1. The molecule has 1 N–H and O–H groups in total. The van der Waals surface area contributed by atoms with Crippen LogP contribution in [0.1, 0.15) is 30.6 Å². The molecule has 3 nitrogen and oxygen atoms in total. The molecule has 0 aliphatic carbocycles. The third kappa shape index (κ3) is 2.89. The average molecular weight is 321 g/mol. The number of hydrogen-bond donors (Lipinski definition) is 1. The van der Waals surface area contributed by atoms with Crippen LogP contribution in [-0.4, -0.2) is 23.4 Å². The maximum absolute atomic E-state index is 11.8. The highest BCUT2D eigenvalue weighted by molar-refractivity contribution is 9.11. The summed E-state index contributed by atoms with van der Waals surface area (Å²) in [5.74, 6) is 0. The molecule has 5 heteroatoms. The van der Waals surface area contributed by atoms with Crippen molar-refractivity contribution in [2.45, 2.75) is 30.0 Å². The summed E-state index contributed by atoms with van der Waals surface area (Å²) in [7, 11) is -3.41. The van der Waals surface area contributed by atoms with Gasteiger partial charge in [0.1, 0.15) is 6.10 Å². The molecule has 1 rings (SSSR count).